The number of carbonyl (C=O) groups excluding carboxylic acids is 1. The van der Waals surface area contributed by atoms with Crippen molar-refractivity contribution in [2.24, 2.45) is 0 Å². The van der Waals surface area contributed by atoms with Crippen LogP contribution in [0.15, 0.2) is 54.6 Å². The molecule has 0 aliphatic carbocycles. The maximum absolute atomic E-state index is 11.2. The van der Waals surface area contributed by atoms with Gasteiger partial charge in [-0.25, -0.2) is 0 Å². The van der Waals surface area contributed by atoms with Crippen molar-refractivity contribution in [1.82, 2.24) is 0 Å². The zero-order valence-corrected chi connectivity index (χ0v) is 13.4. The molecule has 0 aromatic heterocycles. The van der Waals surface area contributed by atoms with Gasteiger partial charge in [0.2, 0.25) is 0 Å². The molecular formula is C19H22O4. The maximum Gasteiger partial charge on any atom is 0.305 e. The number of esters is 1. The lowest BCUT2D eigenvalue weighted by Gasteiger charge is -2.09. The van der Waals surface area contributed by atoms with Crippen molar-refractivity contribution in [2.75, 3.05) is 13.2 Å². The second kappa shape index (κ2) is 9.51. The first-order chi connectivity index (χ1) is 11.3. The van der Waals surface area contributed by atoms with Crippen LogP contribution in [0, 0.1) is 0 Å². The summed E-state index contributed by atoms with van der Waals surface area (Å²) in [7, 11) is 0. The first-order valence-corrected chi connectivity index (χ1v) is 7.83. The molecule has 0 bridgehead atoms. The third-order valence-corrected chi connectivity index (χ3v) is 3.15. The number of hydrogen-bond donors (Lipinski definition) is 0. The van der Waals surface area contributed by atoms with Crippen LogP contribution < -0.4 is 9.47 Å². The summed E-state index contributed by atoms with van der Waals surface area (Å²) in [5.41, 5.74) is 1.12. The van der Waals surface area contributed by atoms with E-state index in [9.17, 15) is 4.79 Å². The van der Waals surface area contributed by atoms with Gasteiger partial charge in [-0.3, -0.25) is 4.79 Å². The van der Waals surface area contributed by atoms with Gasteiger partial charge >= 0.3 is 5.97 Å². The summed E-state index contributed by atoms with van der Waals surface area (Å²) < 4.78 is 16.3. The Morgan fingerprint density at radius 1 is 0.957 bits per heavy atom. The molecule has 0 fully saturated rings. The van der Waals surface area contributed by atoms with E-state index >= 15 is 0 Å². The van der Waals surface area contributed by atoms with E-state index in [0.717, 1.165) is 17.1 Å². The van der Waals surface area contributed by atoms with Crippen molar-refractivity contribution in [3.8, 4) is 11.5 Å². The molecule has 2 aromatic carbocycles. The summed E-state index contributed by atoms with van der Waals surface area (Å²) >= 11 is 0. The molecule has 0 heterocycles. The largest absolute Gasteiger partial charge is 0.493 e. The van der Waals surface area contributed by atoms with Gasteiger partial charge in [0.25, 0.3) is 0 Å². The van der Waals surface area contributed by atoms with Gasteiger partial charge in [-0.15, -0.1) is 0 Å². The molecule has 4 heteroatoms. The van der Waals surface area contributed by atoms with Crippen LogP contribution in [0.3, 0.4) is 0 Å². The van der Waals surface area contributed by atoms with Crippen LogP contribution in [0.4, 0.5) is 0 Å². The van der Waals surface area contributed by atoms with E-state index in [2.05, 4.69) is 0 Å². The normalized spacial score (nSPS) is 10.1. The van der Waals surface area contributed by atoms with Crippen molar-refractivity contribution < 1.29 is 19.0 Å². The molecule has 0 N–H and O–H groups in total. The van der Waals surface area contributed by atoms with Crippen LogP contribution in [0.25, 0.3) is 0 Å². The third-order valence-electron chi connectivity index (χ3n) is 3.15. The van der Waals surface area contributed by atoms with Crippen molar-refractivity contribution in [1.29, 1.82) is 0 Å². The lowest BCUT2D eigenvalue weighted by atomic mass is 10.2. The lowest BCUT2D eigenvalue weighted by molar-refractivity contribution is -0.143. The molecule has 0 radical (unpaired) electrons. The zero-order chi connectivity index (χ0) is 16.3. The maximum atomic E-state index is 11.2. The molecule has 0 atom stereocenters. The smallest absolute Gasteiger partial charge is 0.305 e. The highest BCUT2D eigenvalue weighted by atomic mass is 16.5. The summed E-state index contributed by atoms with van der Waals surface area (Å²) in [6.07, 6.45) is 1.01. The second-order valence-electron chi connectivity index (χ2n) is 5.01. The van der Waals surface area contributed by atoms with Crippen molar-refractivity contribution in [3.05, 3.63) is 60.2 Å². The minimum Gasteiger partial charge on any atom is -0.493 e. The van der Waals surface area contributed by atoms with E-state index in [1.54, 1.807) is 6.92 Å². The summed E-state index contributed by atoms with van der Waals surface area (Å²) in [4.78, 5) is 11.2. The van der Waals surface area contributed by atoms with Crippen LogP contribution >= 0.6 is 0 Å². The molecule has 0 saturated heterocycles. The van der Waals surface area contributed by atoms with Gasteiger partial charge in [0, 0.05) is 12.5 Å². The summed E-state index contributed by atoms with van der Waals surface area (Å²) in [5.74, 6) is 1.31. The molecule has 0 aliphatic rings. The van der Waals surface area contributed by atoms with Crippen LogP contribution in [-0.4, -0.2) is 19.2 Å². The monoisotopic (exact) mass is 314 g/mol. The topological polar surface area (TPSA) is 44.8 Å². The SMILES string of the molecule is CCOC(=O)CCCOc1cccc(OCc2ccccc2)c1. The van der Waals surface area contributed by atoms with Gasteiger partial charge in [-0.1, -0.05) is 36.4 Å². The number of benzene rings is 2. The van der Waals surface area contributed by atoms with Crippen molar-refractivity contribution >= 4 is 5.97 Å². The molecule has 122 valence electrons. The quantitative estimate of drug-likeness (QED) is 0.518. The Morgan fingerprint density at radius 3 is 2.43 bits per heavy atom. The van der Waals surface area contributed by atoms with E-state index in [4.69, 9.17) is 14.2 Å². The average molecular weight is 314 g/mol. The fraction of sp³-hybridized carbons (Fsp3) is 0.316. The van der Waals surface area contributed by atoms with Gasteiger partial charge in [0.05, 0.1) is 13.2 Å². The first kappa shape index (κ1) is 16.9. The molecule has 0 spiro atoms. The number of hydrogen-bond acceptors (Lipinski definition) is 4. The van der Waals surface area contributed by atoms with E-state index < -0.39 is 0 Å². The van der Waals surface area contributed by atoms with E-state index in [-0.39, 0.29) is 5.97 Å². The summed E-state index contributed by atoms with van der Waals surface area (Å²) in [5, 5.41) is 0. The minimum atomic E-state index is -0.184. The van der Waals surface area contributed by atoms with Gasteiger partial charge in [0.15, 0.2) is 0 Å². The highest BCUT2D eigenvalue weighted by Gasteiger charge is 2.02. The van der Waals surface area contributed by atoms with Crippen molar-refractivity contribution in [3.63, 3.8) is 0 Å². The average Bonchev–Trinajstić information content (AvgIpc) is 2.59. The predicted octanol–water partition coefficient (Wildman–Crippen LogP) is 3.99. The Labute approximate surface area is 137 Å². The van der Waals surface area contributed by atoms with Crippen LogP contribution in [0.5, 0.6) is 11.5 Å². The van der Waals surface area contributed by atoms with Gasteiger partial charge < -0.3 is 14.2 Å². The molecule has 2 aromatic rings. The van der Waals surface area contributed by atoms with Gasteiger partial charge in [-0.2, -0.15) is 0 Å². The van der Waals surface area contributed by atoms with Crippen LogP contribution in [0.2, 0.25) is 0 Å². The molecule has 0 amide bonds. The summed E-state index contributed by atoms with van der Waals surface area (Å²) in [6.45, 7) is 3.21. The van der Waals surface area contributed by atoms with E-state index in [1.165, 1.54) is 0 Å². The first-order valence-electron chi connectivity index (χ1n) is 7.83. The third kappa shape index (κ3) is 6.43. The number of ether oxygens (including phenoxy) is 3. The molecule has 4 nitrogen and oxygen atoms in total. The van der Waals surface area contributed by atoms with Crippen LogP contribution in [0.1, 0.15) is 25.3 Å². The number of carbonyl (C=O) groups is 1. The molecule has 23 heavy (non-hydrogen) atoms. The Kier molecular flexibility index (Phi) is 6.98. The Bertz CT molecular complexity index is 595. The van der Waals surface area contributed by atoms with E-state index in [1.807, 2.05) is 54.6 Å². The number of rotatable bonds is 9. The molecule has 0 aliphatic heterocycles. The van der Waals surface area contributed by atoms with Crippen molar-refractivity contribution in [2.45, 2.75) is 26.4 Å². The highest BCUT2D eigenvalue weighted by Crippen LogP contribution is 2.20. The predicted molar refractivity (Wildman–Crippen MR) is 88.6 cm³/mol. The zero-order valence-electron chi connectivity index (χ0n) is 13.4. The highest BCUT2D eigenvalue weighted by molar-refractivity contribution is 5.69. The van der Waals surface area contributed by atoms with Gasteiger partial charge in [0.1, 0.15) is 18.1 Å². The second-order valence-corrected chi connectivity index (χ2v) is 5.01. The molecule has 0 saturated carbocycles. The fourth-order valence-corrected chi connectivity index (χ4v) is 2.03. The standard InChI is InChI=1S/C19H22O4/c1-2-21-19(20)12-7-13-22-17-10-6-11-18(14-17)23-15-16-8-4-3-5-9-16/h3-6,8-11,14H,2,7,12-13,15H2,1H3. The molecule has 2 rings (SSSR count). The van der Waals surface area contributed by atoms with E-state index in [0.29, 0.717) is 32.7 Å². The molecule has 0 unspecified atom stereocenters. The van der Waals surface area contributed by atoms with Crippen LogP contribution in [-0.2, 0) is 16.1 Å². The van der Waals surface area contributed by atoms with Gasteiger partial charge in [-0.05, 0) is 31.0 Å². The Hall–Kier alpha value is -2.49. The lowest BCUT2D eigenvalue weighted by Crippen LogP contribution is -2.06. The summed E-state index contributed by atoms with van der Waals surface area (Å²) in [6, 6.07) is 17.5. The molecular weight excluding hydrogens is 292 g/mol. The minimum absolute atomic E-state index is 0.184. The fourth-order valence-electron chi connectivity index (χ4n) is 2.03. The Morgan fingerprint density at radius 2 is 1.70 bits per heavy atom. The Balaban J connectivity index is 1.75.